The monoisotopic (exact) mass is 651 g/mol. The average molecular weight is 651 g/mol. The van der Waals surface area contributed by atoms with Gasteiger partial charge in [-0.25, -0.2) is 0 Å². The van der Waals surface area contributed by atoms with Crippen LogP contribution in [0.15, 0.2) is 0 Å². The summed E-state index contributed by atoms with van der Waals surface area (Å²) in [6, 6.07) is 0. The van der Waals surface area contributed by atoms with Gasteiger partial charge in [-0.05, 0) is 0 Å². The maximum Gasteiger partial charge on any atom is 0 e. The van der Waals surface area contributed by atoms with Crippen molar-refractivity contribution in [1.82, 2.24) is 5.32 Å². The Morgan fingerprint density at radius 3 is 1.50 bits per heavy atom. The molecule has 0 atom stereocenters. The quantitative estimate of drug-likeness (QED) is 0.448. The van der Waals surface area contributed by atoms with E-state index >= 15 is 0 Å². The molecule has 1 nitrogen and oxygen atoms in total. The molecule has 0 aromatic carbocycles. The minimum Gasteiger partial charge on any atom is 0 e. The molecule has 0 radical (unpaired) electrons. The van der Waals surface area contributed by atoms with Crippen molar-refractivity contribution in [3.05, 3.63) is 0 Å². The van der Waals surface area contributed by atoms with Crippen molar-refractivity contribution in [2.24, 2.45) is 0 Å². The molecule has 0 bridgehead atoms. The van der Waals surface area contributed by atoms with Gasteiger partial charge in [-0.2, -0.15) is 0 Å². The van der Waals surface area contributed by atoms with Gasteiger partial charge < -0.3 is 0 Å². The number of nitrogens with one attached hydrogen (secondary N) is 1. The Labute approximate surface area is 103 Å². The maximum atomic E-state index is 3.34. The van der Waals surface area contributed by atoms with Crippen molar-refractivity contribution in [3.63, 3.8) is 0 Å². The summed E-state index contributed by atoms with van der Waals surface area (Å²) in [6.07, 6.45) is 0. The molecule has 0 spiro atoms. The van der Waals surface area contributed by atoms with Gasteiger partial charge in [-0.3, -0.25) is 0 Å². The molecule has 4 heteroatoms. The van der Waals surface area contributed by atoms with Gasteiger partial charge in [0.15, 0.2) is 0 Å². The zero-order chi connectivity index (χ0) is 6.78. The molecule has 0 amide bonds. The molecule has 0 aliphatic rings. The van der Waals surface area contributed by atoms with Gasteiger partial charge in [0.1, 0.15) is 0 Å². The second-order valence-electron chi connectivity index (χ2n) is 2.93. The van der Waals surface area contributed by atoms with Crippen LogP contribution in [0.2, 0.25) is 0 Å². The predicted molar refractivity (Wildman–Crippen MR) is 33.6 cm³/mol. The topological polar surface area (TPSA) is 12.0 Å². The summed E-state index contributed by atoms with van der Waals surface area (Å²) < 4.78 is 1.36. The fraction of sp³-hybridized carbons (Fsp3) is 0.833. The standard InChI is InChI=1S/C6H13N.3W/c1-5-7-6(2,3)4;;;/h7H,1-4H3;;;. The van der Waals surface area contributed by atoms with Crippen molar-refractivity contribution >= 4 is 4.02 Å². The number of hydrogen-bond acceptors (Lipinski definition) is 1. The Bertz CT molecular complexity index is 95.7. The minimum atomic E-state index is 0. The fourth-order valence-corrected chi connectivity index (χ4v) is 1.63. The summed E-state index contributed by atoms with van der Waals surface area (Å²) >= 11 is 1.52. The molecule has 0 aliphatic carbocycles. The van der Waals surface area contributed by atoms with Gasteiger partial charge in [0, 0.05) is 42.1 Å². The normalized spacial score (nSPS) is 9.20. The van der Waals surface area contributed by atoms with Crippen molar-refractivity contribution in [3.8, 4) is 0 Å². The van der Waals surface area contributed by atoms with Gasteiger partial charge in [0.05, 0.1) is 0 Å². The smallest absolute Gasteiger partial charge is 0 e. The molecule has 10 heavy (non-hydrogen) atoms. The van der Waals surface area contributed by atoms with Gasteiger partial charge >= 0.3 is 61.9 Å². The van der Waals surface area contributed by atoms with Crippen LogP contribution in [-0.4, -0.2) is 9.56 Å². The summed E-state index contributed by atoms with van der Waals surface area (Å²) in [4.78, 5) is 0. The third-order valence-corrected chi connectivity index (χ3v) is 0.918. The van der Waals surface area contributed by atoms with Gasteiger partial charge in [-0.15, -0.1) is 0 Å². The Balaban J connectivity index is -0.000000245. The number of hydrogen-bond donors (Lipinski definition) is 1. The van der Waals surface area contributed by atoms with Gasteiger partial charge in [-0.1, -0.05) is 0 Å². The van der Waals surface area contributed by atoms with Gasteiger partial charge in [0.2, 0.25) is 0 Å². The third-order valence-electron chi connectivity index (χ3n) is 0.551. The molecular formula is C6H13NW3. The van der Waals surface area contributed by atoms with E-state index in [0.29, 0.717) is 0 Å². The molecule has 0 aliphatic heterocycles. The molecule has 0 saturated heterocycles. The molecule has 0 saturated carbocycles. The van der Waals surface area contributed by atoms with Crippen molar-refractivity contribution in [1.29, 1.82) is 0 Å². The Morgan fingerprint density at radius 1 is 1.20 bits per heavy atom. The van der Waals surface area contributed by atoms with Crippen molar-refractivity contribution in [2.75, 3.05) is 0 Å². The van der Waals surface area contributed by atoms with Crippen LogP contribution in [0.1, 0.15) is 27.7 Å². The average Bonchev–Trinajstić information content (AvgIpc) is 1.21. The molecule has 0 unspecified atom stereocenters. The van der Waals surface area contributed by atoms with Crippen LogP contribution in [0.4, 0.5) is 0 Å². The van der Waals surface area contributed by atoms with E-state index in [1.54, 1.807) is 0 Å². The molecule has 0 aromatic heterocycles. The first-order chi connectivity index (χ1) is 3.42. The van der Waals surface area contributed by atoms with Gasteiger partial charge in [0.25, 0.3) is 0 Å². The van der Waals surface area contributed by atoms with Crippen LogP contribution in [-0.2, 0) is 61.5 Å². The van der Waals surface area contributed by atoms with Crippen LogP contribution >= 0.6 is 0 Å². The first kappa shape index (κ1) is 17.8. The molecule has 0 fully saturated rings. The van der Waals surface area contributed by atoms with E-state index in [-0.39, 0.29) is 47.7 Å². The van der Waals surface area contributed by atoms with Crippen LogP contribution in [0.5, 0.6) is 0 Å². The third kappa shape index (κ3) is 16.5. The minimum absolute atomic E-state index is 0. The van der Waals surface area contributed by atoms with E-state index in [0.717, 1.165) is 0 Å². The first-order valence-corrected chi connectivity index (χ1v) is 4.17. The van der Waals surface area contributed by atoms with Crippen molar-refractivity contribution in [2.45, 2.75) is 33.2 Å². The molecule has 0 heterocycles. The summed E-state index contributed by atoms with van der Waals surface area (Å²) in [5, 5.41) is 3.34. The zero-order valence-corrected chi connectivity index (χ0v) is 15.5. The molecule has 60 valence electrons. The van der Waals surface area contributed by atoms with E-state index in [2.05, 4.69) is 33.0 Å². The number of rotatable bonds is 1. The molecule has 0 aromatic rings. The van der Waals surface area contributed by atoms with Crippen LogP contribution in [0.25, 0.3) is 0 Å². The van der Waals surface area contributed by atoms with Crippen LogP contribution in [0, 0.1) is 0 Å². The zero-order valence-electron chi connectivity index (χ0n) is 6.72. The van der Waals surface area contributed by atoms with E-state index in [4.69, 9.17) is 0 Å². The van der Waals surface area contributed by atoms with Crippen LogP contribution in [0.3, 0.4) is 0 Å². The fourth-order valence-electron chi connectivity index (χ4n) is 0.528. The Kier molecular flexibility index (Phi) is 13.5. The second-order valence-corrected chi connectivity index (χ2v) is 5.13. The second kappa shape index (κ2) is 7.54. The summed E-state index contributed by atoms with van der Waals surface area (Å²) in [7, 11) is 0. The SMILES string of the molecule is C[C](=[W])NC(C)(C)C.[W].[W]. The summed E-state index contributed by atoms with van der Waals surface area (Å²) in [5.41, 5.74) is 0.256. The molecular weight excluding hydrogens is 638 g/mol. The Hall–Kier alpha value is 1.89. The molecule has 0 rings (SSSR count). The van der Waals surface area contributed by atoms with Crippen molar-refractivity contribution < 1.29 is 61.5 Å². The molecule has 1 N–H and O–H groups in total. The first-order valence-electron chi connectivity index (χ1n) is 2.70. The predicted octanol–water partition coefficient (Wildman–Crippen LogP) is 1.07. The largest absolute Gasteiger partial charge is 0 e. The summed E-state index contributed by atoms with van der Waals surface area (Å²) in [5.74, 6) is 0. The maximum absolute atomic E-state index is 3.34. The van der Waals surface area contributed by atoms with E-state index in [1.165, 1.54) is 23.4 Å². The van der Waals surface area contributed by atoms with E-state index < -0.39 is 0 Å². The van der Waals surface area contributed by atoms with E-state index in [9.17, 15) is 0 Å². The summed E-state index contributed by atoms with van der Waals surface area (Å²) in [6.45, 7) is 8.61. The van der Waals surface area contributed by atoms with Crippen LogP contribution < -0.4 is 5.32 Å². The van der Waals surface area contributed by atoms with E-state index in [1.807, 2.05) is 0 Å². The Morgan fingerprint density at radius 2 is 1.50 bits per heavy atom.